The van der Waals surface area contributed by atoms with E-state index >= 15 is 0 Å². The second kappa shape index (κ2) is 15.8. The van der Waals surface area contributed by atoms with E-state index in [1.165, 1.54) is 0 Å². The molecule has 0 atom stereocenters. The van der Waals surface area contributed by atoms with Gasteiger partial charge in [-0.2, -0.15) is 0 Å². The van der Waals surface area contributed by atoms with Gasteiger partial charge in [-0.15, -0.1) is 0 Å². The van der Waals surface area contributed by atoms with E-state index in [1.54, 1.807) is 0 Å². The summed E-state index contributed by atoms with van der Waals surface area (Å²) in [6.07, 6.45) is 0. The van der Waals surface area contributed by atoms with Gasteiger partial charge in [0.2, 0.25) is 0 Å². The first-order chi connectivity index (χ1) is 0. The van der Waals surface area contributed by atoms with E-state index < -0.39 is 0 Å². The van der Waals surface area contributed by atoms with Gasteiger partial charge >= 0.3 is 37.7 Å². The van der Waals surface area contributed by atoms with Crippen molar-refractivity contribution in [3.05, 3.63) is 0 Å². The molecule has 0 spiro atoms. The van der Waals surface area contributed by atoms with Crippen LogP contribution in [0.1, 0.15) is 2.85 Å². The first kappa shape index (κ1) is 24.8. The molecular weight excluding hydrogens is 283 g/mol. The maximum atomic E-state index is 0. The van der Waals surface area contributed by atoms with Crippen LogP contribution in [-0.2, 0) is 38.8 Å². The van der Waals surface area contributed by atoms with Crippen molar-refractivity contribution in [3.63, 3.8) is 0 Å². The zero-order chi connectivity index (χ0) is 0. The molecule has 0 heterocycles. The molecule has 0 bridgehead atoms. The van der Waals surface area contributed by atoms with Crippen LogP contribution in [0.3, 0.4) is 0 Å². The minimum absolute atomic E-state index is 0. The molecule has 0 saturated carbocycles. The summed E-state index contributed by atoms with van der Waals surface area (Å²) in [6.45, 7) is 0. The van der Waals surface area contributed by atoms with Crippen molar-refractivity contribution >= 4 is 37.7 Å². The van der Waals surface area contributed by atoms with Crippen LogP contribution in [-0.4, -0.2) is 37.7 Å². The smallest absolute Gasteiger partial charge is 1.00 e. The van der Waals surface area contributed by atoms with Gasteiger partial charge in [-0.25, -0.2) is 0 Å². The van der Waals surface area contributed by atoms with E-state index in [0.717, 1.165) is 0 Å². The van der Waals surface area contributed by atoms with Crippen molar-refractivity contribution in [2.75, 3.05) is 0 Å². The standard InChI is InChI=1S/Ca.Ce.Mn.Ti.2H/q+2;;;;2*-1. The van der Waals surface area contributed by atoms with E-state index in [9.17, 15) is 0 Å². The maximum Gasteiger partial charge on any atom is 2.00 e. The average molecular weight is 285 g/mol. The fourth-order valence-corrected chi connectivity index (χ4v) is 0. The third kappa shape index (κ3) is 9.30. The van der Waals surface area contributed by atoms with Gasteiger partial charge in [0.05, 0.1) is 0 Å². The van der Waals surface area contributed by atoms with Gasteiger partial charge in [-0.1, -0.05) is 0 Å². The molecule has 0 aliphatic carbocycles. The Bertz CT molecular complexity index is 13.5. The minimum atomic E-state index is 0. The van der Waals surface area contributed by atoms with Crippen LogP contribution in [0.4, 0.5) is 0 Å². The first-order valence-corrected chi connectivity index (χ1v) is 0. The van der Waals surface area contributed by atoms with Gasteiger partial charge in [-0.05, 0) is 0 Å². The van der Waals surface area contributed by atoms with Gasteiger partial charge in [0, 0.05) is 80.5 Å². The summed E-state index contributed by atoms with van der Waals surface area (Å²) in [7, 11) is 0. The van der Waals surface area contributed by atoms with Crippen molar-refractivity contribution in [2.45, 2.75) is 0 Å². The molecule has 0 aromatic rings. The van der Waals surface area contributed by atoms with Crippen molar-refractivity contribution < 1.29 is 83.4 Å². The fraction of sp³-hybridized carbons (Fsp3) is 0. The normalized spacial score (nSPS) is 0. The summed E-state index contributed by atoms with van der Waals surface area (Å²) in [5.74, 6) is 0. The Hall–Kier alpha value is 3.87. The molecule has 0 aliphatic heterocycles. The summed E-state index contributed by atoms with van der Waals surface area (Å²) < 4.78 is 0. The maximum absolute atomic E-state index is 0. The van der Waals surface area contributed by atoms with Crippen LogP contribution in [0.2, 0.25) is 0 Å². The number of rotatable bonds is 0. The van der Waals surface area contributed by atoms with Gasteiger partial charge in [0.1, 0.15) is 0 Å². The zero-order valence-corrected chi connectivity index (χ0v) is 10.2. The number of hydrogen-bond donors (Lipinski definition) is 0. The molecule has 0 N–H and O–H groups in total. The minimum Gasteiger partial charge on any atom is -1.00 e. The fourth-order valence-electron chi connectivity index (χ4n) is 0. The summed E-state index contributed by atoms with van der Waals surface area (Å²) >= 11 is 0. The summed E-state index contributed by atoms with van der Waals surface area (Å²) in [5, 5.41) is 0. The van der Waals surface area contributed by atoms with Crippen molar-refractivity contribution in [1.29, 1.82) is 0 Å². The van der Waals surface area contributed by atoms with Crippen LogP contribution in [0.25, 0.3) is 0 Å². The van der Waals surface area contributed by atoms with Gasteiger partial charge in [0.25, 0.3) is 0 Å². The summed E-state index contributed by atoms with van der Waals surface area (Å²) in [5.41, 5.74) is 0. The quantitative estimate of drug-likeness (QED) is 0.543. The summed E-state index contributed by atoms with van der Waals surface area (Å²) in [4.78, 5) is 0. The molecule has 4 heteroatoms. The van der Waals surface area contributed by atoms with Gasteiger partial charge < -0.3 is 2.85 Å². The van der Waals surface area contributed by atoms with Gasteiger partial charge in [0.15, 0.2) is 0 Å². The Morgan fingerprint density at radius 1 is 1.25 bits per heavy atom. The Labute approximate surface area is 118 Å². The van der Waals surface area contributed by atoms with Crippen molar-refractivity contribution in [3.8, 4) is 0 Å². The third-order valence-electron chi connectivity index (χ3n) is 0. The van der Waals surface area contributed by atoms with E-state index in [0.29, 0.717) is 0 Å². The van der Waals surface area contributed by atoms with Crippen LogP contribution >= 0.6 is 0 Å². The van der Waals surface area contributed by atoms with E-state index in [-0.39, 0.29) is 121 Å². The molecule has 0 fully saturated rings. The Morgan fingerprint density at radius 2 is 1.25 bits per heavy atom. The molecule has 1 radical (unpaired) electrons. The zero-order valence-electron chi connectivity index (χ0n) is 4.09. The van der Waals surface area contributed by atoms with E-state index in [4.69, 9.17) is 0 Å². The summed E-state index contributed by atoms with van der Waals surface area (Å²) in [6, 6.07) is 0. The second-order valence-electron chi connectivity index (χ2n) is 0. The average Bonchev–Trinajstić information content (AvgIpc) is 0. The van der Waals surface area contributed by atoms with Crippen LogP contribution < -0.4 is 0 Å². The molecular formula is H2CaCeMnTi. The van der Waals surface area contributed by atoms with Crippen molar-refractivity contribution in [2.24, 2.45) is 0 Å². The third-order valence-corrected chi connectivity index (χ3v) is 0. The van der Waals surface area contributed by atoms with Crippen LogP contribution in [0.15, 0.2) is 0 Å². The molecule has 4 heavy (non-hydrogen) atoms. The van der Waals surface area contributed by atoms with Gasteiger partial charge in [-0.3, -0.25) is 0 Å². The predicted molar refractivity (Wildman–Crippen MR) is 7.98 cm³/mol. The van der Waals surface area contributed by atoms with Crippen LogP contribution in [0, 0.1) is 41.7 Å². The molecule has 0 aromatic heterocycles. The topological polar surface area (TPSA) is 0 Å². The van der Waals surface area contributed by atoms with E-state index in [2.05, 4.69) is 0 Å². The largest absolute Gasteiger partial charge is 2.00 e. The van der Waals surface area contributed by atoms with Crippen LogP contribution in [0.5, 0.6) is 0 Å². The Morgan fingerprint density at radius 3 is 1.25 bits per heavy atom. The Balaban J connectivity index is 0. The molecule has 0 unspecified atom stereocenters. The van der Waals surface area contributed by atoms with Crippen molar-refractivity contribution in [1.82, 2.24) is 0 Å². The molecule has 0 aliphatic rings. The first-order valence-electron chi connectivity index (χ1n) is 0. The molecule has 0 amide bonds. The second-order valence-corrected chi connectivity index (χ2v) is 0. The molecule has 19 valence electrons. The molecule has 0 saturated heterocycles. The molecule has 0 nitrogen and oxygen atoms in total. The SMILES string of the molecule is [Ca+2].[Ce].[H-].[H-].[Mn].[Ti]. The van der Waals surface area contributed by atoms with E-state index in [1.807, 2.05) is 0 Å². The number of hydrogen-bond acceptors (Lipinski definition) is 0. The predicted octanol–water partition coefficient (Wildman–Crippen LogP) is -0.161. The monoisotopic (exact) mass is 285 g/mol. The molecule has 0 aromatic carbocycles. The molecule has 0 rings (SSSR count). The Kier molecular flexibility index (Phi) is 98.0.